The van der Waals surface area contributed by atoms with Crippen molar-refractivity contribution in [2.45, 2.75) is 39.7 Å². The van der Waals surface area contributed by atoms with E-state index >= 15 is 0 Å². The number of carbonyl (C=O) groups is 4. The number of esters is 1. The molecule has 0 unspecified atom stereocenters. The van der Waals surface area contributed by atoms with Crippen molar-refractivity contribution in [3.63, 3.8) is 0 Å². The Kier molecular flexibility index (Phi) is 8.29. The second-order valence-corrected chi connectivity index (χ2v) is 6.79. The lowest BCUT2D eigenvalue weighted by atomic mass is 10.1. The summed E-state index contributed by atoms with van der Waals surface area (Å²) < 4.78 is 10.7. The summed E-state index contributed by atoms with van der Waals surface area (Å²) in [5.74, 6) is -0.512. The van der Waals surface area contributed by atoms with Gasteiger partial charge in [0, 0.05) is 23.2 Å². The Morgan fingerprint density at radius 2 is 1.60 bits per heavy atom. The van der Waals surface area contributed by atoms with Crippen molar-refractivity contribution in [2.75, 3.05) is 11.9 Å². The average molecular weight is 411 g/mol. The van der Waals surface area contributed by atoms with E-state index in [1.54, 1.807) is 48.5 Å². The largest absolute Gasteiger partial charge is 0.494 e. The Labute approximate surface area is 175 Å². The van der Waals surface area contributed by atoms with Crippen LogP contribution >= 0.6 is 0 Å². The molecule has 1 atom stereocenters. The molecule has 0 fully saturated rings. The molecule has 2 rings (SSSR count). The standard InChI is InChI=1S/C23H25NO6/c1-15(25)18-9-11-21(12-10-18)29-13-5-8-22(27)30-17(3)23(28)24-20-7-4-6-19(14-20)16(2)26/h4,6-7,9-12,14,17H,5,8,13H2,1-3H3,(H,24,28)/t17-/m1/s1. The Morgan fingerprint density at radius 3 is 2.23 bits per heavy atom. The summed E-state index contributed by atoms with van der Waals surface area (Å²) in [6.45, 7) is 4.71. The van der Waals surface area contributed by atoms with Gasteiger partial charge in [0.05, 0.1) is 6.61 Å². The van der Waals surface area contributed by atoms with Crippen molar-refractivity contribution < 1.29 is 28.7 Å². The molecule has 0 aliphatic rings. The van der Waals surface area contributed by atoms with Crippen LogP contribution in [0.15, 0.2) is 48.5 Å². The molecule has 1 N–H and O–H groups in total. The fourth-order valence-corrected chi connectivity index (χ4v) is 2.56. The first-order valence-corrected chi connectivity index (χ1v) is 9.61. The monoisotopic (exact) mass is 411 g/mol. The van der Waals surface area contributed by atoms with Gasteiger partial charge in [-0.05, 0) is 63.6 Å². The van der Waals surface area contributed by atoms with Crippen LogP contribution in [0.4, 0.5) is 5.69 Å². The van der Waals surface area contributed by atoms with Gasteiger partial charge in [-0.3, -0.25) is 19.2 Å². The van der Waals surface area contributed by atoms with E-state index in [2.05, 4.69) is 5.32 Å². The lowest BCUT2D eigenvalue weighted by Gasteiger charge is -2.14. The van der Waals surface area contributed by atoms with E-state index in [0.29, 0.717) is 35.6 Å². The molecule has 0 radical (unpaired) electrons. The zero-order valence-electron chi connectivity index (χ0n) is 17.3. The summed E-state index contributed by atoms with van der Waals surface area (Å²) in [4.78, 5) is 46.8. The Balaban J connectivity index is 1.72. The Hall–Kier alpha value is -3.48. The molecule has 0 saturated heterocycles. The first-order valence-electron chi connectivity index (χ1n) is 9.61. The van der Waals surface area contributed by atoms with E-state index < -0.39 is 18.0 Å². The van der Waals surface area contributed by atoms with Gasteiger partial charge in [0.15, 0.2) is 17.7 Å². The molecule has 0 heterocycles. The van der Waals surface area contributed by atoms with Crippen LogP contribution in [0.2, 0.25) is 0 Å². The van der Waals surface area contributed by atoms with Gasteiger partial charge in [-0.25, -0.2) is 0 Å². The molecule has 158 valence electrons. The molecular formula is C23H25NO6. The number of hydrogen-bond acceptors (Lipinski definition) is 6. The maximum Gasteiger partial charge on any atom is 0.306 e. The number of nitrogens with one attached hydrogen (secondary N) is 1. The van der Waals surface area contributed by atoms with Gasteiger partial charge < -0.3 is 14.8 Å². The molecule has 0 aromatic heterocycles. The molecule has 0 aliphatic carbocycles. The van der Waals surface area contributed by atoms with Crippen LogP contribution in [0.3, 0.4) is 0 Å². The SMILES string of the molecule is CC(=O)c1ccc(OCCCC(=O)O[C@H](C)C(=O)Nc2cccc(C(C)=O)c2)cc1. The quantitative estimate of drug-likeness (QED) is 0.362. The third kappa shape index (κ3) is 7.16. The number of rotatable bonds is 10. The molecule has 30 heavy (non-hydrogen) atoms. The number of hydrogen-bond donors (Lipinski definition) is 1. The predicted octanol–water partition coefficient (Wildman–Crippen LogP) is 3.82. The zero-order chi connectivity index (χ0) is 22.1. The highest BCUT2D eigenvalue weighted by Crippen LogP contribution is 2.14. The van der Waals surface area contributed by atoms with Crippen molar-refractivity contribution in [2.24, 2.45) is 0 Å². The first kappa shape index (κ1) is 22.8. The Morgan fingerprint density at radius 1 is 0.933 bits per heavy atom. The highest BCUT2D eigenvalue weighted by molar-refractivity contribution is 5.98. The van der Waals surface area contributed by atoms with Gasteiger partial charge in [-0.1, -0.05) is 12.1 Å². The third-order valence-corrected chi connectivity index (χ3v) is 4.27. The van der Waals surface area contributed by atoms with Crippen LogP contribution in [0, 0.1) is 0 Å². The van der Waals surface area contributed by atoms with Crippen molar-refractivity contribution in [1.29, 1.82) is 0 Å². The van der Waals surface area contributed by atoms with Crippen LogP contribution in [0.25, 0.3) is 0 Å². The number of Topliss-reactive ketones (excluding diaryl/α,β-unsaturated/α-hetero) is 2. The lowest BCUT2D eigenvalue weighted by molar-refractivity contribution is -0.153. The predicted molar refractivity (Wildman–Crippen MR) is 112 cm³/mol. The summed E-state index contributed by atoms with van der Waals surface area (Å²) in [7, 11) is 0. The van der Waals surface area contributed by atoms with Crippen LogP contribution in [-0.4, -0.2) is 36.2 Å². The molecule has 0 bridgehead atoms. The van der Waals surface area contributed by atoms with E-state index in [-0.39, 0.29) is 18.0 Å². The third-order valence-electron chi connectivity index (χ3n) is 4.27. The summed E-state index contributed by atoms with van der Waals surface area (Å²) in [6.07, 6.45) is -0.454. The molecule has 7 nitrogen and oxygen atoms in total. The number of carbonyl (C=O) groups excluding carboxylic acids is 4. The van der Waals surface area contributed by atoms with Gasteiger partial charge >= 0.3 is 5.97 Å². The molecule has 0 saturated carbocycles. The van der Waals surface area contributed by atoms with Gasteiger partial charge in [0.25, 0.3) is 5.91 Å². The minimum atomic E-state index is -0.974. The van der Waals surface area contributed by atoms with E-state index in [0.717, 1.165) is 0 Å². The van der Waals surface area contributed by atoms with Gasteiger partial charge in [-0.15, -0.1) is 0 Å². The molecule has 2 aromatic rings. The molecule has 7 heteroatoms. The maximum atomic E-state index is 12.2. The lowest BCUT2D eigenvalue weighted by Crippen LogP contribution is -2.30. The smallest absolute Gasteiger partial charge is 0.306 e. The van der Waals surface area contributed by atoms with E-state index in [1.807, 2.05) is 0 Å². The number of anilines is 1. The summed E-state index contributed by atoms with van der Waals surface area (Å²) in [6, 6.07) is 13.3. The van der Waals surface area contributed by atoms with Crippen LogP contribution in [0.1, 0.15) is 54.3 Å². The normalized spacial score (nSPS) is 11.3. The number of ether oxygens (including phenoxy) is 2. The highest BCUT2D eigenvalue weighted by Gasteiger charge is 2.18. The van der Waals surface area contributed by atoms with Crippen LogP contribution in [0.5, 0.6) is 5.75 Å². The maximum absolute atomic E-state index is 12.2. The molecule has 0 aliphatic heterocycles. The summed E-state index contributed by atoms with van der Waals surface area (Å²) in [5.41, 5.74) is 1.54. The van der Waals surface area contributed by atoms with Crippen LogP contribution < -0.4 is 10.1 Å². The zero-order valence-corrected chi connectivity index (χ0v) is 17.3. The fraction of sp³-hybridized carbons (Fsp3) is 0.304. The van der Waals surface area contributed by atoms with Gasteiger partial charge in [0.2, 0.25) is 0 Å². The van der Waals surface area contributed by atoms with Crippen molar-refractivity contribution >= 4 is 29.1 Å². The minimum Gasteiger partial charge on any atom is -0.494 e. The van der Waals surface area contributed by atoms with Gasteiger partial charge in [-0.2, -0.15) is 0 Å². The van der Waals surface area contributed by atoms with E-state index in [4.69, 9.17) is 9.47 Å². The number of ketones is 2. The van der Waals surface area contributed by atoms with E-state index in [1.165, 1.54) is 20.8 Å². The molecule has 1 amide bonds. The van der Waals surface area contributed by atoms with Crippen molar-refractivity contribution in [3.05, 3.63) is 59.7 Å². The minimum absolute atomic E-state index is 0.0194. The Bertz CT molecular complexity index is 920. The van der Waals surface area contributed by atoms with Crippen molar-refractivity contribution in [3.8, 4) is 5.75 Å². The highest BCUT2D eigenvalue weighted by atomic mass is 16.5. The molecular weight excluding hydrogens is 386 g/mol. The molecule has 0 spiro atoms. The van der Waals surface area contributed by atoms with Gasteiger partial charge in [0.1, 0.15) is 5.75 Å². The fourth-order valence-electron chi connectivity index (χ4n) is 2.56. The van der Waals surface area contributed by atoms with Crippen molar-refractivity contribution in [1.82, 2.24) is 0 Å². The van der Waals surface area contributed by atoms with E-state index in [9.17, 15) is 19.2 Å². The first-order chi connectivity index (χ1) is 14.3. The second kappa shape index (κ2) is 10.9. The second-order valence-electron chi connectivity index (χ2n) is 6.79. The average Bonchev–Trinajstić information content (AvgIpc) is 2.71. The molecule has 2 aromatic carbocycles. The topological polar surface area (TPSA) is 98.8 Å². The van der Waals surface area contributed by atoms with Crippen LogP contribution in [-0.2, 0) is 14.3 Å². The number of amides is 1. The number of benzene rings is 2. The summed E-state index contributed by atoms with van der Waals surface area (Å²) >= 11 is 0. The summed E-state index contributed by atoms with van der Waals surface area (Å²) in [5, 5.41) is 2.63.